The summed E-state index contributed by atoms with van der Waals surface area (Å²) in [6.45, 7) is 6.86. The predicted octanol–water partition coefficient (Wildman–Crippen LogP) is 1.90. The van der Waals surface area contributed by atoms with Gasteiger partial charge in [-0.25, -0.2) is 14.9 Å². The zero-order valence-corrected chi connectivity index (χ0v) is 16.2. The van der Waals surface area contributed by atoms with Gasteiger partial charge in [0.25, 0.3) is 0 Å². The van der Waals surface area contributed by atoms with Gasteiger partial charge in [-0.3, -0.25) is 4.68 Å². The number of anilines is 1. The molecule has 3 N–H and O–H groups in total. The van der Waals surface area contributed by atoms with Gasteiger partial charge >= 0.3 is 6.09 Å². The minimum atomic E-state index is -0.493. The van der Waals surface area contributed by atoms with Gasteiger partial charge in [-0.05, 0) is 44.4 Å². The molecule has 1 atom stereocenters. The summed E-state index contributed by atoms with van der Waals surface area (Å²) in [6, 6.07) is 1.94. The third-order valence-electron chi connectivity index (χ3n) is 4.64. The van der Waals surface area contributed by atoms with Crippen LogP contribution in [0.3, 0.4) is 0 Å². The van der Waals surface area contributed by atoms with Gasteiger partial charge in [-0.2, -0.15) is 5.10 Å². The number of nitrogens with zero attached hydrogens (tertiary/aromatic N) is 6. The third-order valence-corrected chi connectivity index (χ3v) is 4.64. The smallest absolute Gasteiger partial charge is 0.410 e. The molecule has 4 heterocycles. The fourth-order valence-electron chi connectivity index (χ4n) is 3.40. The Morgan fingerprint density at radius 2 is 2.25 bits per heavy atom. The van der Waals surface area contributed by atoms with Gasteiger partial charge in [0.05, 0.1) is 12.2 Å². The van der Waals surface area contributed by atoms with Gasteiger partial charge in [-0.15, -0.1) is 5.10 Å². The van der Waals surface area contributed by atoms with Crippen molar-refractivity contribution in [2.75, 3.05) is 18.8 Å². The molecule has 1 aliphatic heterocycles. The number of pyridine rings is 1. The molecule has 0 aromatic carbocycles. The number of fused-ring (bicyclic) bond motifs is 1. The van der Waals surface area contributed by atoms with Crippen LogP contribution in [-0.2, 0) is 11.2 Å². The highest BCUT2D eigenvalue weighted by Crippen LogP contribution is 2.24. The monoisotopic (exact) mass is 384 g/mol. The number of rotatable bonds is 3. The molecule has 0 spiro atoms. The summed E-state index contributed by atoms with van der Waals surface area (Å²) in [5.74, 6) is 0.421. The lowest BCUT2D eigenvalue weighted by Crippen LogP contribution is -2.35. The predicted molar refractivity (Wildman–Crippen MR) is 103 cm³/mol. The SMILES string of the molecule is CC(C)(C)OC(=O)N1CCC(n2cc(Cc3cc(N)nc4[nH]nnc34)cn2)C1. The second-order valence-electron chi connectivity index (χ2n) is 8.09. The molecule has 1 amide bonds. The fourth-order valence-corrected chi connectivity index (χ4v) is 3.40. The van der Waals surface area contributed by atoms with Gasteiger partial charge in [-0.1, -0.05) is 5.21 Å². The van der Waals surface area contributed by atoms with Crippen molar-refractivity contribution in [3.63, 3.8) is 0 Å². The molecule has 28 heavy (non-hydrogen) atoms. The molecule has 3 aromatic heterocycles. The van der Waals surface area contributed by atoms with Gasteiger partial charge in [0.2, 0.25) is 0 Å². The van der Waals surface area contributed by atoms with Crippen molar-refractivity contribution >= 4 is 23.1 Å². The van der Waals surface area contributed by atoms with Crippen molar-refractivity contribution in [2.24, 2.45) is 0 Å². The number of nitrogens with one attached hydrogen (secondary N) is 1. The van der Waals surface area contributed by atoms with Gasteiger partial charge in [0.15, 0.2) is 5.65 Å². The molecule has 0 aliphatic carbocycles. The summed E-state index contributed by atoms with van der Waals surface area (Å²) in [5, 5.41) is 15.1. The number of aromatic nitrogens is 6. The Bertz CT molecular complexity index is 1000. The van der Waals surface area contributed by atoms with Crippen LogP contribution in [0.2, 0.25) is 0 Å². The summed E-state index contributed by atoms with van der Waals surface area (Å²) < 4.78 is 7.38. The summed E-state index contributed by atoms with van der Waals surface area (Å²) >= 11 is 0. The lowest BCUT2D eigenvalue weighted by Gasteiger charge is -2.24. The number of H-pyrrole nitrogens is 1. The minimum absolute atomic E-state index is 0.135. The van der Waals surface area contributed by atoms with E-state index in [2.05, 4.69) is 25.5 Å². The Morgan fingerprint density at radius 3 is 3.04 bits per heavy atom. The quantitative estimate of drug-likeness (QED) is 0.706. The molecule has 3 aromatic rings. The van der Waals surface area contributed by atoms with Crippen molar-refractivity contribution in [1.29, 1.82) is 0 Å². The average molecular weight is 384 g/mol. The molecule has 0 bridgehead atoms. The number of amides is 1. The Kier molecular flexibility index (Phi) is 4.40. The molecular weight excluding hydrogens is 360 g/mol. The number of aromatic amines is 1. The molecule has 1 unspecified atom stereocenters. The summed E-state index contributed by atoms with van der Waals surface area (Å²) in [4.78, 5) is 18.2. The Balaban J connectivity index is 1.45. The van der Waals surface area contributed by atoms with Crippen LogP contribution >= 0.6 is 0 Å². The molecule has 4 rings (SSSR count). The Morgan fingerprint density at radius 1 is 1.43 bits per heavy atom. The zero-order chi connectivity index (χ0) is 19.9. The second kappa shape index (κ2) is 6.77. The number of nitrogen functional groups attached to an aromatic ring is 1. The summed E-state index contributed by atoms with van der Waals surface area (Å²) in [5.41, 5.74) is 8.64. The van der Waals surface area contributed by atoms with E-state index in [0.717, 1.165) is 17.5 Å². The Hall–Kier alpha value is -3.17. The van der Waals surface area contributed by atoms with Crippen LogP contribution in [0.4, 0.5) is 10.6 Å². The van der Waals surface area contributed by atoms with Crippen LogP contribution in [0.5, 0.6) is 0 Å². The van der Waals surface area contributed by atoms with Crippen molar-refractivity contribution in [3.8, 4) is 0 Å². The first kappa shape index (κ1) is 18.2. The molecule has 148 valence electrons. The van der Waals surface area contributed by atoms with Crippen molar-refractivity contribution in [3.05, 3.63) is 29.6 Å². The number of likely N-dealkylation sites (tertiary alicyclic amines) is 1. The van der Waals surface area contributed by atoms with E-state index in [0.29, 0.717) is 36.5 Å². The lowest BCUT2D eigenvalue weighted by atomic mass is 10.1. The van der Waals surface area contributed by atoms with Crippen LogP contribution in [0.1, 0.15) is 44.4 Å². The van der Waals surface area contributed by atoms with E-state index < -0.39 is 5.60 Å². The van der Waals surface area contributed by atoms with Crippen molar-refractivity contribution in [1.82, 2.24) is 35.1 Å². The highest BCUT2D eigenvalue weighted by atomic mass is 16.6. The van der Waals surface area contributed by atoms with Crippen LogP contribution in [0.15, 0.2) is 18.5 Å². The van der Waals surface area contributed by atoms with E-state index >= 15 is 0 Å². The second-order valence-corrected chi connectivity index (χ2v) is 8.09. The number of ether oxygens (including phenoxy) is 1. The molecular formula is C18H24N8O2. The normalized spacial score (nSPS) is 17.4. The molecule has 10 heteroatoms. The molecule has 1 saturated heterocycles. The van der Waals surface area contributed by atoms with E-state index in [1.807, 2.05) is 43.9 Å². The Labute approximate surface area is 162 Å². The first-order valence-electron chi connectivity index (χ1n) is 9.25. The number of carbonyl (C=O) groups is 1. The standard InChI is InChI=1S/C18H24N8O2/c1-18(2,3)28-17(27)25-5-4-13(10-25)26-9-11(8-20-26)6-12-7-14(19)21-16-15(12)22-24-23-16/h7-9,13H,4-6,10H2,1-3H3,(H3,19,21,22,23,24). The molecule has 10 nitrogen and oxygen atoms in total. The highest BCUT2D eigenvalue weighted by molar-refractivity contribution is 5.76. The maximum atomic E-state index is 12.3. The van der Waals surface area contributed by atoms with E-state index in [9.17, 15) is 4.79 Å². The largest absolute Gasteiger partial charge is 0.444 e. The third kappa shape index (κ3) is 3.75. The number of hydrogen-bond acceptors (Lipinski definition) is 7. The minimum Gasteiger partial charge on any atom is -0.444 e. The fraction of sp³-hybridized carbons (Fsp3) is 0.500. The number of nitrogens with two attached hydrogens (primary N) is 1. The maximum absolute atomic E-state index is 12.3. The van der Waals surface area contributed by atoms with Crippen LogP contribution in [0.25, 0.3) is 11.2 Å². The first-order chi connectivity index (χ1) is 13.3. The van der Waals surface area contributed by atoms with E-state index in [1.165, 1.54) is 0 Å². The van der Waals surface area contributed by atoms with Crippen molar-refractivity contribution in [2.45, 2.75) is 45.3 Å². The van der Waals surface area contributed by atoms with Gasteiger partial charge < -0.3 is 15.4 Å². The number of carbonyl (C=O) groups excluding carboxylic acids is 1. The first-order valence-corrected chi connectivity index (χ1v) is 9.25. The van der Waals surface area contributed by atoms with E-state index in [-0.39, 0.29) is 12.1 Å². The lowest BCUT2D eigenvalue weighted by molar-refractivity contribution is 0.0288. The zero-order valence-electron chi connectivity index (χ0n) is 16.2. The van der Waals surface area contributed by atoms with Crippen LogP contribution < -0.4 is 5.73 Å². The van der Waals surface area contributed by atoms with Gasteiger partial charge in [0, 0.05) is 25.7 Å². The molecule has 1 aliphatic rings. The topological polar surface area (TPSA) is 128 Å². The van der Waals surface area contributed by atoms with Crippen molar-refractivity contribution < 1.29 is 9.53 Å². The summed E-state index contributed by atoms with van der Waals surface area (Å²) in [7, 11) is 0. The highest BCUT2D eigenvalue weighted by Gasteiger charge is 2.31. The maximum Gasteiger partial charge on any atom is 0.410 e. The van der Waals surface area contributed by atoms with Crippen LogP contribution in [-0.4, -0.2) is 59.9 Å². The van der Waals surface area contributed by atoms with E-state index in [4.69, 9.17) is 10.5 Å². The summed E-state index contributed by atoms with van der Waals surface area (Å²) in [6.07, 6.45) is 5.03. The average Bonchev–Trinajstić information content (AvgIpc) is 3.32. The molecule has 0 radical (unpaired) electrons. The van der Waals surface area contributed by atoms with Crippen LogP contribution in [0, 0.1) is 0 Å². The molecule has 1 fully saturated rings. The number of hydrogen-bond donors (Lipinski definition) is 2. The van der Waals surface area contributed by atoms with E-state index in [1.54, 1.807) is 4.90 Å². The molecule has 0 saturated carbocycles. The van der Waals surface area contributed by atoms with Gasteiger partial charge in [0.1, 0.15) is 16.9 Å².